The van der Waals surface area contributed by atoms with Crippen LogP contribution >= 0.6 is 0 Å². The van der Waals surface area contributed by atoms with Gasteiger partial charge in [-0.15, -0.1) is 0 Å². The Balaban J connectivity index is 2.38. The van der Waals surface area contributed by atoms with Crippen LogP contribution in [0, 0.1) is 12.8 Å². The lowest BCUT2D eigenvalue weighted by Gasteiger charge is -2.12. The van der Waals surface area contributed by atoms with Gasteiger partial charge in [0.05, 0.1) is 6.61 Å². The molecule has 1 heterocycles. The molecule has 0 fully saturated rings. The second-order valence-electron chi connectivity index (χ2n) is 5.92. The Morgan fingerprint density at radius 3 is 2.65 bits per heavy atom. The van der Waals surface area contributed by atoms with Crippen LogP contribution in [0.1, 0.15) is 31.5 Å². The van der Waals surface area contributed by atoms with E-state index in [9.17, 15) is 0 Å². The molecule has 0 aliphatic carbocycles. The first kappa shape index (κ1) is 16.9. The summed E-state index contributed by atoms with van der Waals surface area (Å²) < 4.78 is 5.68. The molecule has 4 heteroatoms. The highest BCUT2D eigenvalue weighted by Gasteiger charge is 2.03. The molecule has 1 rings (SSSR count). The maximum Gasteiger partial charge on any atom is 0.213 e. The van der Waals surface area contributed by atoms with E-state index < -0.39 is 0 Å². The van der Waals surface area contributed by atoms with Gasteiger partial charge in [0.2, 0.25) is 5.88 Å². The maximum absolute atomic E-state index is 5.68. The third-order valence-corrected chi connectivity index (χ3v) is 3.04. The summed E-state index contributed by atoms with van der Waals surface area (Å²) in [6.45, 7) is 10.1. The smallest absolute Gasteiger partial charge is 0.213 e. The average molecular weight is 279 g/mol. The fourth-order valence-electron chi connectivity index (χ4n) is 1.89. The van der Waals surface area contributed by atoms with Crippen LogP contribution in [0.5, 0.6) is 5.88 Å². The number of pyridine rings is 1. The number of nitrogens with one attached hydrogen (secondary N) is 1. The lowest BCUT2D eigenvalue weighted by Crippen LogP contribution is -2.19. The van der Waals surface area contributed by atoms with Crippen molar-refractivity contribution in [1.82, 2.24) is 15.2 Å². The Morgan fingerprint density at radius 2 is 2.05 bits per heavy atom. The SMILES string of the molecule is Cc1nc(OCCCN(C)C)ccc1CNCC(C)C. The summed E-state index contributed by atoms with van der Waals surface area (Å²) in [5.41, 5.74) is 2.29. The van der Waals surface area contributed by atoms with E-state index in [1.54, 1.807) is 0 Å². The molecule has 1 aromatic heterocycles. The summed E-state index contributed by atoms with van der Waals surface area (Å²) in [4.78, 5) is 6.67. The van der Waals surface area contributed by atoms with Crippen molar-refractivity contribution in [1.29, 1.82) is 0 Å². The minimum atomic E-state index is 0.669. The zero-order valence-electron chi connectivity index (χ0n) is 13.6. The molecule has 0 saturated heterocycles. The lowest BCUT2D eigenvalue weighted by atomic mass is 10.2. The summed E-state index contributed by atoms with van der Waals surface area (Å²) in [7, 11) is 4.14. The quantitative estimate of drug-likeness (QED) is 0.705. The largest absolute Gasteiger partial charge is 0.478 e. The van der Waals surface area contributed by atoms with Crippen molar-refractivity contribution in [2.75, 3.05) is 33.8 Å². The predicted molar refractivity (Wildman–Crippen MR) is 84.2 cm³/mol. The zero-order chi connectivity index (χ0) is 15.0. The van der Waals surface area contributed by atoms with Gasteiger partial charge < -0.3 is 15.0 Å². The van der Waals surface area contributed by atoms with Gasteiger partial charge >= 0.3 is 0 Å². The van der Waals surface area contributed by atoms with Crippen molar-refractivity contribution in [2.45, 2.75) is 33.7 Å². The van der Waals surface area contributed by atoms with Crippen LogP contribution in [0.3, 0.4) is 0 Å². The Hall–Kier alpha value is -1.13. The number of ether oxygens (including phenoxy) is 1. The zero-order valence-corrected chi connectivity index (χ0v) is 13.6. The van der Waals surface area contributed by atoms with E-state index in [2.05, 4.69) is 49.2 Å². The van der Waals surface area contributed by atoms with E-state index >= 15 is 0 Å². The van der Waals surface area contributed by atoms with Crippen molar-refractivity contribution in [3.63, 3.8) is 0 Å². The third-order valence-electron chi connectivity index (χ3n) is 3.04. The van der Waals surface area contributed by atoms with Crippen LogP contribution < -0.4 is 10.1 Å². The third kappa shape index (κ3) is 6.87. The Morgan fingerprint density at radius 1 is 1.30 bits per heavy atom. The van der Waals surface area contributed by atoms with Crippen LogP contribution in [0.15, 0.2) is 12.1 Å². The monoisotopic (exact) mass is 279 g/mol. The molecule has 0 atom stereocenters. The molecule has 0 aliphatic heterocycles. The molecule has 20 heavy (non-hydrogen) atoms. The maximum atomic E-state index is 5.68. The summed E-state index contributed by atoms with van der Waals surface area (Å²) in [5, 5.41) is 3.44. The van der Waals surface area contributed by atoms with Crippen LogP contribution in [0.4, 0.5) is 0 Å². The first-order valence-corrected chi connectivity index (χ1v) is 7.43. The van der Waals surface area contributed by atoms with Gasteiger partial charge in [-0.25, -0.2) is 4.98 Å². The molecule has 0 aromatic carbocycles. The van der Waals surface area contributed by atoms with Gasteiger partial charge in [-0.05, 0) is 45.5 Å². The van der Waals surface area contributed by atoms with Gasteiger partial charge in [-0.2, -0.15) is 0 Å². The molecule has 0 radical (unpaired) electrons. The number of hydrogen-bond donors (Lipinski definition) is 1. The number of aryl methyl sites for hydroxylation is 1. The van der Waals surface area contributed by atoms with Crippen LogP contribution in [-0.4, -0.2) is 43.7 Å². The van der Waals surface area contributed by atoms with Gasteiger partial charge in [0.25, 0.3) is 0 Å². The van der Waals surface area contributed by atoms with Crippen molar-refractivity contribution >= 4 is 0 Å². The van der Waals surface area contributed by atoms with Gasteiger partial charge in [-0.3, -0.25) is 0 Å². The van der Waals surface area contributed by atoms with Crippen LogP contribution in [-0.2, 0) is 6.54 Å². The molecule has 1 aromatic rings. The predicted octanol–water partition coefficient (Wildman–Crippen LogP) is 2.47. The second kappa shape index (κ2) is 8.93. The molecule has 4 nitrogen and oxygen atoms in total. The standard InChI is InChI=1S/C16H29N3O/c1-13(2)11-17-12-15-7-8-16(18-14(15)3)20-10-6-9-19(4)5/h7-8,13,17H,6,9-12H2,1-5H3. The molecule has 0 spiro atoms. The van der Waals surface area contributed by atoms with Crippen molar-refractivity contribution in [3.05, 3.63) is 23.4 Å². The fourth-order valence-corrected chi connectivity index (χ4v) is 1.89. The molecule has 0 unspecified atom stereocenters. The second-order valence-corrected chi connectivity index (χ2v) is 5.92. The first-order chi connectivity index (χ1) is 9.49. The van der Waals surface area contributed by atoms with Crippen molar-refractivity contribution in [3.8, 4) is 5.88 Å². The number of rotatable bonds is 9. The molecule has 0 aliphatic rings. The Labute approximate surface area is 123 Å². The van der Waals surface area contributed by atoms with Gasteiger partial charge in [0, 0.05) is 24.8 Å². The summed E-state index contributed by atoms with van der Waals surface area (Å²) in [6, 6.07) is 4.08. The molecule has 1 N–H and O–H groups in total. The van der Waals surface area contributed by atoms with E-state index in [-0.39, 0.29) is 0 Å². The minimum Gasteiger partial charge on any atom is -0.478 e. The number of aromatic nitrogens is 1. The van der Waals surface area contributed by atoms with Crippen molar-refractivity contribution < 1.29 is 4.74 Å². The van der Waals surface area contributed by atoms with E-state index in [0.717, 1.165) is 44.2 Å². The normalized spacial score (nSPS) is 11.3. The topological polar surface area (TPSA) is 37.4 Å². The molecular formula is C16H29N3O. The molecule has 0 saturated carbocycles. The van der Waals surface area contributed by atoms with E-state index in [0.29, 0.717) is 5.92 Å². The van der Waals surface area contributed by atoms with Crippen LogP contribution in [0.2, 0.25) is 0 Å². The van der Waals surface area contributed by atoms with E-state index in [1.165, 1.54) is 5.56 Å². The Bertz CT molecular complexity index is 391. The van der Waals surface area contributed by atoms with Gasteiger partial charge in [0.1, 0.15) is 0 Å². The fraction of sp³-hybridized carbons (Fsp3) is 0.688. The van der Waals surface area contributed by atoms with Crippen molar-refractivity contribution in [2.24, 2.45) is 5.92 Å². The highest BCUT2D eigenvalue weighted by atomic mass is 16.5. The number of hydrogen-bond acceptors (Lipinski definition) is 4. The summed E-state index contributed by atoms with van der Waals surface area (Å²) >= 11 is 0. The van der Waals surface area contributed by atoms with Gasteiger partial charge in [-0.1, -0.05) is 19.9 Å². The molecule has 0 amide bonds. The molecule has 0 bridgehead atoms. The average Bonchev–Trinajstić information content (AvgIpc) is 2.36. The van der Waals surface area contributed by atoms with E-state index in [1.807, 2.05) is 13.0 Å². The summed E-state index contributed by atoms with van der Waals surface area (Å²) in [5.74, 6) is 1.40. The summed E-state index contributed by atoms with van der Waals surface area (Å²) in [6.07, 6.45) is 1.02. The highest BCUT2D eigenvalue weighted by molar-refractivity contribution is 5.24. The van der Waals surface area contributed by atoms with Crippen LogP contribution in [0.25, 0.3) is 0 Å². The van der Waals surface area contributed by atoms with Gasteiger partial charge in [0.15, 0.2) is 0 Å². The Kier molecular flexibility index (Phi) is 7.55. The molecule has 114 valence electrons. The first-order valence-electron chi connectivity index (χ1n) is 7.43. The lowest BCUT2D eigenvalue weighted by molar-refractivity contribution is 0.272. The molecular weight excluding hydrogens is 250 g/mol. The number of nitrogens with zero attached hydrogens (tertiary/aromatic N) is 2. The minimum absolute atomic E-state index is 0.669. The highest BCUT2D eigenvalue weighted by Crippen LogP contribution is 2.12. The van der Waals surface area contributed by atoms with E-state index in [4.69, 9.17) is 4.74 Å².